The maximum atomic E-state index is 13.1. The molecule has 0 atom stereocenters. The van der Waals surface area contributed by atoms with Crippen LogP contribution in [0.5, 0.6) is 17.2 Å². The van der Waals surface area contributed by atoms with Crippen molar-refractivity contribution in [3.63, 3.8) is 0 Å². The van der Waals surface area contributed by atoms with Crippen LogP contribution < -0.4 is 24.4 Å². The molecule has 3 aromatic rings. The molecule has 0 aliphatic carbocycles. The summed E-state index contributed by atoms with van der Waals surface area (Å²) in [5.41, 5.74) is 1.65. The van der Waals surface area contributed by atoms with Crippen LogP contribution in [0.2, 0.25) is 0 Å². The van der Waals surface area contributed by atoms with Crippen molar-refractivity contribution in [3.8, 4) is 17.2 Å². The van der Waals surface area contributed by atoms with Crippen molar-refractivity contribution in [2.75, 3.05) is 25.2 Å². The Bertz CT molecular complexity index is 1320. The Labute approximate surface area is 216 Å². The van der Waals surface area contributed by atoms with Crippen molar-refractivity contribution in [3.05, 3.63) is 87.9 Å². The Morgan fingerprint density at radius 3 is 2.33 bits per heavy atom. The number of ether oxygens (including phenoxy) is 3. The molecular weight excluding hydrogens is 528 g/mol. The number of amides is 4. The van der Waals surface area contributed by atoms with Crippen LogP contribution in [-0.4, -0.2) is 38.2 Å². The van der Waals surface area contributed by atoms with Crippen LogP contribution >= 0.6 is 15.9 Å². The van der Waals surface area contributed by atoms with Crippen molar-refractivity contribution in [1.82, 2.24) is 5.32 Å². The first kappa shape index (κ1) is 25.0. The average Bonchev–Trinajstić information content (AvgIpc) is 2.86. The van der Waals surface area contributed by atoms with Gasteiger partial charge in [-0.25, -0.2) is 9.69 Å². The Hall–Kier alpha value is -4.11. The largest absolute Gasteiger partial charge is 0.493 e. The second-order valence-corrected chi connectivity index (χ2v) is 8.69. The Morgan fingerprint density at radius 1 is 0.944 bits per heavy atom. The quantitative estimate of drug-likeness (QED) is 0.244. The molecule has 1 N–H and O–H groups in total. The summed E-state index contributed by atoms with van der Waals surface area (Å²) in [5.74, 6) is 0.0869. The van der Waals surface area contributed by atoms with Gasteiger partial charge in [0.2, 0.25) is 0 Å². The van der Waals surface area contributed by atoms with Crippen LogP contribution in [0.4, 0.5) is 10.5 Å². The van der Waals surface area contributed by atoms with Gasteiger partial charge in [-0.1, -0.05) is 35.9 Å². The van der Waals surface area contributed by atoms with Gasteiger partial charge in [0, 0.05) is 0 Å². The first-order valence-corrected chi connectivity index (χ1v) is 11.8. The van der Waals surface area contributed by atoms with E-state index in [1.54, 1.807) is 36.4 Å². The molecule has 4 rings (SSSR count). The normalized spacial score (nSPS) is 14.6. The molecular formula is C27H23BrN2O6. The third-order valence-electron chi connectivity index (χ3n) is 5.30. The van der Waals surface area contributed by atoms with Gasteiger partial charge in [-0.3, -0.25) is 14.9 Å². The number of aryl methyl sites for hydroxylation is 1. The minimum Gasteiger partial charge on any atom is -0.493 e. The zero-order chi connectivity index (χ0) is 25.7. The van der Waals surface area contributed by atoms with Crippen LogP contribution in [0.15, 0.2) is 76.8 Å². The average molecular weight is 551 g/mol. The topological polar surface area (TPSA) is 94.2 Å². The van der Waals surface area contributed by atoms with Crippen LogP contribution in [0.25, 0.3) is 6.08 Å². The number of carbonyl (C=O) groups is 3. The lowest BCUT2D eigenvalue weighted by Gasteiger charge is -2.26. The molecule has 36 heavy (non-hydrogen) atoms. The molecule has 184 valence electrons. The van der Waals surface area contributed by atoms with E-state index in [4.69, 9.17) is 14.2 Å². The van der Waals surface area contributed by atoms with E-state index in [-0.39, 0.29) is 12.2 Å². The van der Waals surface area contributed by atoms with Crippen molar-refractivity contribution in [1.29, 1.82) is 0 Å². The standard InChI is InChI=1S/C27H23BrN2O6/c1-17-8-10-19(11-9-17)30-26(32)21(25(31)29-27(30)33)14-18-15-22(28)24(23(16-18)34-2)36-13-12-35-20-6-4-3-5-7-20/h3-11,14-16H,12-13H2,1-2H3,(H,29,31,33)/b21-14+. The number of carbonyl (C=O) groups excluding carboxylic acids is 3. The summed E-state index contributed by atoms with van der Waals surface area (Å²) in [7, 11) is 1.49. The number of halogens is 1. The lowest BCUT2D eigenvalue weighted by atomic mass is 10.1. The number of rotatable bonds is 8. The van der Waals surface area contributed by atoms with Gasteiger partial charge in [0.25, 0.3) is 11.8 Å². The van der Waals surface area contributed by atoms with E-state index in [1.165, 1.54) is 13.2 Å². The fourth-order valence-corrected chi connectivity index (χ4v) is 4.11. The maximum Gasteiger partial charge on any atom is 0.335 e. The second kappa shape index (κ2) is 11.1. The SMILES string of the molecule is COc1cc(/C=C2\C(=O)NC(=O)N(c3ccc(C)cc3)C2=O)cc(Br)c1OCCOc1ccccc1. The van der Waals surface area contributed by atoms with E-state index in [0.717, 1.165) is 16.2 Å². The molecule has 0 bridgehead atoms. The highest BCUT2D eigenvalue weighted by molar-refractivity contribution is 9.10. The lowest BCUT2D eigenvalue weighted by Crippen LogP contribution is -2.54. The Morgan fingerprint density at radius 2 is 1.64 bits per heavy atom. The zero-order valence-electron chi connectivity index (χ0n) is 19.6. The molecule has 0 aromatic heterocycles. The van der Waals surface area contributed by atoms with Gasteiger partial charge in [0.1, 0.15) is 24.5 Å². The first-order chi connectivity index (χ1) is 17.4. The summed E-state index contributed by atoms with van der Waals surface area (Å²) in [4.78, 5) is 39.0. The second-order valence-electron chi connectivity index (χ2n) is 7.84. The molecule has 1 aliphatic rings. The number of urea groups is 1. The number of benzene rings is 3. The van der Waals surface area contributed by atoms with E-state index in [1.807, 2.05) is 37.3 Å². The molecule has 4 amide bonds. The molecule has 0 saturated carbocycles. The number of barbiturate groups is 1. The summed E-state index contributed by atoms with van der Waals surface area (Å²) in [6, 6.07) is 18.8. The Kier molecular flexibility index (Phi) is 7.70. The van der Waals surface area contributed by atoms with Crippen LogP contribution in [0.3, 0.4) is 0 Å². The highest BCUT2D eigenvalue weighted by Crippen LogP contribution is 2.37. The molecule has 9 heteroatoms. The minimum absolute atomic E-state index is 0.186. The molecule has 0 spiro atoms. The number of para-hydroxylation sites is 1. The smallest absolute Gasteiger partial charge is 0.335 e. The molecule has 8 nitrogen and oxygen atoms in total. The van der Waals surface area contributed by atoms with E-state index < -0.39 is 17.8 Å². The third kappa shape index (κ3) is 5.58. The lowest BCUT2D eigenvalue weighted by molar-refractivity contribution is -0.122. The Balaban J connectivity index is 1.54. The van der Waals surface area contributed by atoms with E-state index >= 15 is 0 Å². The number of hydrogen-bond acceptors (Lipinski definition) is 6. The number of methoxy groups -OCH3 is 1. The molecule has 0 unspecified atom stereocenters. The van der Waals surface area contributed by atoms with E-state index in [9.17, 15) is 14.4 Å². The first-order valence-electron chi connectivity index (χ1n) is 11.0. The summed E-state index contributed by atoms with van der Waals surface area (Å²) < 4.78 is 17.5. The van der Waals surface area contributed by atoms with Gasteiger partial charge in [-0.05, 0) is 70.9 Å². The van der Waals surface area contributed by atoms with Crippen LogP contribution in [0, 0.1) is 6.92 Å². The summed E-state index contributed by atoms with van der Waals surface area (Å²) in [5, 5.41) is 2.22. The summed E-state index contributed by atoms with van der Waals surface area (Å²) in [6.07, 6.45) is 1.40. The van der Waals surface area contributed by atoms with Gasteiger partial charge < -0.3 is 14.2 Å². The predicted octanol–water partition coefficient (Wildman–Crippen LogP) is 4.89. The van der Waals surface area contributed by atoms with E-state index in [2.05, 4.69) is 21.2 Å². The zero-order valence-corrected chi connectivity index (χ0v) is 21.2. The van der Waals surface area contributed by atoms with Gasteiger partial charge in [0.15, 0.2) is 11.5 Å². The molecule has 1 aliphatic heterocycles. The number of hydrogen-bond donors (Lipinski definition) is 1. The predicted molar refractivity (Wildman–Crippen MR) is 138 cm³/mol. The van der Waals surface area contributed by atoms with Gasteiger partial charge in [-0.15, -0.1) is 0 Å². The van der Waals surface area contributed by atoms with Gasteiger partial charge in [0.05, 0.1) is 17.3 Å². The summed E-state index contributed by atoms with van der Waals surface area (Å²) >= 11 is 3.47. The van der Waals surface area contributed by atoms with Crippen LogP contribution in [0.1, 0.15) is 11.1 Å². The minimum atomic E-state index is -0.800. The van der Waals surface area contributed by atoms with Crippen molar-refractivity contribution >= 4 is 45.5 Å². The third-order valence-corrected chi connectivity index (χ3v) is 5.89. The number of imide groups is 2. The highest BCUT2D eigenvalue weighted by Gasteiger charge is 2.36. The number of nitrogens with one attached hydrogen (secondary N) is 1. The van der Waals surface area contributed by atoms with E-state index in [0.29, 0.717) is 33.8 Å². The molecule has 1 fully saturated rings. The number of anilines is 1. The summed E-state index contributed by atoms with van der Waals surface area (Å²) in [6.45, 7) is 2.48. The van der Waals surface area contributed by atoms with Gasteiger partial charge >= 0.3 is 6.03 Å². The molecule has 0 radical (unpaired) electrons. The van der Waals surface area contributed by atoms with Crippen molar-refractivity contribution in [2.24, 2.45) is 0 Å². The fourth-order valence-electron chi connectivity index (χ4n) is 3.54. The van der Waals surface area contributed by atoms with Gasteiger partial charge in [-0.2, -0.15) is 0 Å². The molecule has 1 saturated heterocycles. The fraction of sp³-hybridized carbons (Fsp3) is 0.148. The highest BCUT2D eigenvalue weighted by atomic mass is 79.9. The molecule has 3 aromatic carbocycles. The maximum absolute atomic E-state index is 13.1. The number of nitrogens with zero attached hydrogens (tertiary/aromatic N) is 1. The molecule has 1 heterocycles. The van der Waals surface area contributed by atoms with Crippen LogP contribution in [-0.2, 0) is 9.59 Å². The van der Waals surface area contributed by atoms with Crippen molar-refractivity contribution in [2.45, 2.75) is 6.92 Å². The monoisotopic (exact) mass is 550 g/mol. The van der Waals surface area contributed by atoms with Crippen molar-refractivity contribution < 1.29 is 28.6 Å².